The Bertz CT molecular complexity index is 2580. The molecule has 68 heavy (non-hydrogen) atoms. The minimum absolute atomic E-state index is 0.00945. The van der Waals surface area contributed by atoms with E-state index in [4.69, 9.17) is 11.5 Å². The lowest BCUT2D eigenvalue weighted by Crippen LogP contribution is -2.60. The van der Waals surface area contributed by atoms with Gasteiger partial charge in [-0.15, -0.1) is 0 Å². The Balaban J connectivity index is 1.27. The standard InChI is InChI=1S/C53H60N8O7/c54-28-16-15-27-43(49(63)61-47(53(67)68)32-38-23-11-4-12-24-38)57-52(66)46(33-39-34-56-42-26-14-13-25-40(39)42)60-51(65)45(31-37-21-9-3-10-22-37)59-50(64)44(30-36-19-7-2-8-20-36)58-48(62)41(55)29-35-17-5-1-6-18-35/h1-14,17-26,34,41,43-47,56H,15-16,27-33,54-55H2,(H,57,66)(H,58,62)(H,59,64)(H,60,65)(H,61,63)(H,67,68)/t41-,43+,44-,45-,46+,47-/m0/s1. The summed E-state index contributed by atoms with van der Waals surface area (Å²) >= 11 is 0. The minimum atomic E-state index is -1.29. The lowest BCUT2D eigenvalue weighted by Gasteiger charge is -2.27. The van der Waals surface area contributed by atoms with Crippen molar-refractivity contribution in [3.8, 4) is 0 Å². The highest BCUT2D eigenvalue weighted by Gasteiger charge is 2.34. The highest BCUT2D eigenvalue weighted by molar-refractivity contribution is 5.97. The van der Waals surface area contributed by atoms with Crippen LogP contribution in [0.15, 0.2) is 152 Å². The second-order valence-corrected chi connectivity index (χ2v) is 16.9. The molecule has 5 aromatic carbocycles. The van der Waals surface area contributed by atoms with Gasteiger partial charge < -0.3 is 48.1 Å². The van der Waals surface area contributed by atoms with Crippen LogP contribution in [0.1, 0.15) is 47.1 Å². The van der Waals surface area contributed by atoms with E-state index < -0.39 is 71.8 Å². The molecule has 1 heterocycles. The Hall–Kier alpha value is -7.62. The molecule has 0 bridgehead atoms. The van der Waals surface area contributed by atoms with Crippen molar-refractivity contribution in [2.75, 3.05) is 6.54 Å². The highest BCUT2D eigenvalue weighted by atomic mass is 16.4. The van der Waals surface area contributed by atoms with E-state index in [0.29, 0.717) is 36.1 Å². The number of para-hydroxylation sites is 1. The molecule has 1 aromatic heterocycles. The number of fused-ring (bicyclic) bond motifs is 1. The second kappa shape index (κ2) is 25.3. The van der Waals surface area contributed by atoms with Gasteiger partial charge in [-0.2, -0.15) is 0 Å². The van der Waals surface area contributed by atoms with E-state index in [2.05, 4.69) is 31.6 Å². The Morgan fingerprint density at radius 3 is 1.32 bits per heavy atom. The van der Waals surface area contributed by atoms with Crippen LogP contribution in [0.25, 0.3) is 10.9 Å². The lowest BCUT2D eigenvalue weighted by molar-refractivity contribution is -0.142. The molecule has 15 nitrogen and oxygen atoms in total. The zero-order valence-electron chi connectivity index (χ0n) is 37.8. The predicted molar refractivity (Wildman–Crippen MR) is 261 cm³/mol. The molecule has 6 atom stereocenters. The number of nitrogens with one attached hydrogen (secondary N) is 6. The molecule has 5 amide bonds. The van der Waals surface area contributed by atoms with Crippen molar-refractivity contribution < 1.29 is 33.9 Å². The van der Waals surface area contributed by atoms with E-state index in [0.717, 1.165) is 22.0 Å². The number of carboxylic acid groups (broad SMARTS) is 1. The molecular weight excluding hydrogens is 861 g/mol. The van der Waals surface area contributed by atoms with E-state index in [1.807, 2.05) is 91.0 Å². The first kappa shape index (κ1) is 49.8. The van der Waals surface area contributed by atoms with Gasteiger partial charge in [0.2, 0.25) is 29.5 Å². The summed E-state index contributed by atoms with van der Waals surface area (Å²) in [5, 5.41) is 24.9. The monoisotopic (exact) mass is 920 g/mol. The second-order valence-electron chi connectivity index (χ2n) is 16.9. The number of hydrogen-bond acceptors (Lipinski definition) is 8. The van der Waals surface area contributed by atoms with E-state index in [1.165, 1.54) is 0 Å². The summed E-state index contributed by atoms with van der Waals surface area (Å²) in [6.07, 6.45) is 3.17. The summed E-state index contributed by atoms with van der Waals surface area (Å²) in [4.78, 5) is 87.0. The number of carbonyl (C=O) groups is 6. The molecule has 0 saturated heterocycles. The van der Waals surface area contributed by atoms with Crippen LogP contribution >= 0.6 is 0 Å². The SMILES string of the molecule is NCCCC[C@@H](NC(=O)[C@@H](Cc1c[nH]c2ccccc12)NC(=O)[C@H](Cc1ccccc1)NC(=O)[C@H](Cc1ccccc1)NC(=O)[C@@H](N)Cc1ccccc1)C(=O)N[C@@H](Cc1ccccc1)C(=O)O. The Morgan fingerprint density at radius 1 is 0.456 bits per heavy atom. The third-order valence-electron chi connectivity index (χ3n) is 11.7. The van der Waals surface area contributed by atoms with Gasteiger partial charge in [0.05, 0.1) is 6.04 Å². The van der Waals surface area contributed by atoms with Crippen LogP contribution in [-0.4, -0.2) is 88.4 Å². The summed E-state index contributed by atoms with van der Waals surface area (Å²) in [5.74, 6) is -4.57. The molecule has 0 unspecified atom stereocenters. The molecule has 0 saturated carbocycles. The number of rotatable bonds is 25. The van der Waals surface area contributed by atoms with Crippen LogP contribution in [0, 0.1) is 0 Å². The van der Waals surface area contributed by atoms with E-state index in [9.17, 15) is 33.9 Å². The van der Waals surface area contributed by atoms with Crippen LogP contribution in [0.4, 0.5) is 0 Å². The number of benzene rings is 5. The minimum Gasteiger partial charge on any atom is -0.480 e. The number of aliphatic carboxylic acids is 1. The average Bonchev–Trinajstić information content (AvgIpc) is 3.76. The molecule has 6 aromatic rings. The van der Waals surface area contributed by atoms with Gasteiger partial charge in [0, 0.05) is 42.8 Å². The van der Waals surface area contributed by atoms with Crippen LogP contribution < -0.4 is 38.1 Å². The number of unbranched alkanes of at least 4 members (excludes halogenated alkanes) is 1. The molecule has 0 fully saturated rings. The van der Waals surface area contributed by atoms with Crippen LogP contribution in [0.2, 0.25) is 0 Å². The Labute approximate surface area is 395 Å². The number of nitrogens with two attached hydrogens (primary N) is 2. The Morgan fingerprint density at radius 2 is 0.838 bits per heavy atom. The van der Waals surface area contributed by atoms with Crippen molar-refractivity contribution >= 4 is 46.4 Å². The average molecular weight is 921 g/mol. The quantitative estimate of drug-likeness (QED) is 0.0380. The van der Waals surface area contributed by atoms with Crippen LogP contribution in [-0.2, 0) is 60.9 Å². The number of hydrogen-bond donors (Lipinski definition) is 9. The fourth-order valence-corrected chi connectivity index (χ4v) is 7.99. The molecule has 0 aliphatic rings. The van der Waals surface area contributed by atoms with E-state index in [-0.39, 0.29) is 38.5 Å². The van der Waals surface area contributed by atoms with E-state index >= 15 is 0 Å². The fraction of sp³-hybridized carbons (Fsp3) is 0.283. The van der Waals surface area contributed by atoms with Crippen molar-refractivity contribution in [1.29, 1.82) is 0 Å². The van der Waals surface area contributed by atoms with Crippen molar-refractivity contribution in [3.05, 3.63) is 180 Å². The van der Waals surface area contributed by atoms with Gasteiger partial charge in [0.1, 0.15) is 30.2 Å². The van der Waals surface area contributed by atoms with Crippen molar-refractivity contribution in [2.45, 2.75) is 87.6 Å². The highest BCUT2D eigenvalue weighted by Crippen LogP contribution is 2.20. The molecule has 15 heteroatoms. The van der Waals surface area contributed by atoms with Crippen molar-refractivity contribution in [1.82, 2.24) is 31.6 Å². The van der Waals surface area contributed by atoms with Crippen molar-refractivity contribution in [3.63, 3.8) is 0 Å². The number of H-pyrrole nitrogens is 1. The molecule has 0 radical (unpaired) electrons. The largest absolute Gasteiger partial charge is 0.480 e. The molecule has 0 aliphatic carbocycles. The van der Waals surface area contributed by atoms with Gasteiger partial charge in [-0.25, -0.2) is 4.79 Å². The molecule has 0 aliphatic heterocycles. The zero-order valence-corrected chi connectivity index (χ0v) is 37.8. The summed E-state index contributed by atoms with van der Waals surface area (Å²) in [6, 6.07) is 36.6. The van der Waals surface area contributed by atoms with Crippen LogP contribution in [0.3, 0.4) is 0 Å². The number of aromatic amines is 1. The van der Waals surface area contributed by atoms with Gasteiger partial charge in [-0.3, -0.25) is 24.0 Å². The van der Waals surface area contributed by atoms with E-state index in [1.54, 1.807) is 60.8 Å². The number of carbonyl (C=O) groups excluding carboxylic acids is 5. The molecular formula is C53H60N8O7. The third kappa shape index (κ3) is 15.0. The van der Waals surface area contributed by atoms with Gasteiger partial charge in [0.15, 0.2) is 0 Å². The smallest absolute Gasteiger partial charge is 0.326 e. The normalized spacial score (nSPS) is 13.7. The maximum absolute atomic E-state index is 14.7. The van der Waals surface area contributed by atoms with Gasteiger partial charge in [-0.1, -0.05) is 140 Å². The first-order valence-corrected chi connectivity index (χ1v) is 22.9. The van der Waals surface area contributed by atoms with Gasteiger partial charge in [0.25, 0.3) is 0 Å². The Kier molecular flexibility index (Phi) is 18.6. The molecule has 354 valence electrons. The lowest BCUT2D eigenvalue weighted by atomic mass is 10.00. The first-order valence-electron chi connectivity index (χ1n) is 22.9. The van der Waals surface area contributed by atoms with Crippen molar-refractivity contribution in [2.24, 2.45) is 11.5 Å². The third-order valence-corrected chi connectivity index (χ3v) is 11.7. The summed E-state index contributed by atoms with van der Waals surface area (Å²) < 4.78 is 0. The predicted octanol–water partition coefficient (Wildman–Crippen LogP) is 3.65. The fourth-order valence-electron chi connectivity index (χ4n) is 7.99. The topological polar surface area (TPSA) is 251 Å². The maximum Gasteiger partial charge on any atom is 0.326 e. The summed E-state index contributed by atoms with van der Waals surface area (Å²) in [6.45, 7) is 0.332. The number of carboxylic acids is 1. The first-order chi connectivity index (χ1) is 33.0. The maximum atomic E-state index is 14.7. The molecule has 6 rings (SSSR count). The zero-order chi connectivity index (χ0) is 48.3. The number of aromatic nitrogens is 1. The summed E-state index contributed by atoms with van der Waals surface area (Å²) in [5.41, 5.74) is 16.7. The van der Waals surface area contributed by atoms with Gasteiger partial charge in [-0.05, 0) is 66.1 Å². The summed E-state index contributed by atoms with van der Waals surface area (Å²) in [7, 11) is 0. The number of amides is 5. The van der Waals surface area contributed by atoms with Crippen LogP contribution in [0.5, 0.6) is 0 Å². The van der Waals surface area contributed by atoms with Gasteiger partial charge >= 0.3 is 5.97 Å². The molecule has 11 N–H and O–H groups in total. The molecule has 0 spiro atoms.